The molecule has 3 nitrogen and oxygen atoms in total. The van der Waals surface area contributed by atoms with Gasteiger partial charge in [-0.25, -0.2) is 0 Å². The summed E-state index contributed by atoms with van der Waals surface area (Å²) in [4.78, 5) is 0. The van der Waals surface area contributed by atoms with Gasteiger partial charge in [0.1, 0.15) is 5.75 Å². The Bertz CT molecular complexity index is 323. The molecule has 0 aliphatic rings. The van der Waals surface area contributed by atoms with Crippen molar-refractivity contribution in [2.24, 2.45) is 0 Å². The molecule has 1 aromatic rings. The quantitative estimate of drug-likeness (QED) is 0.779. The van der Waals surface area contributed by atoms with Crippen molar-refractivity contribution in [2.75, 3.05) is 18.5 Å². The Kier molecular flexibility index (Phi) is 4.62. The molecule has 1 rings (SSSR count). The summed E-state index contributed by atoms with van der Waals surface area (Å²) in [7, 11) is 0. The van der Waals surface area contributed by atoms with Crippen molar-refractivity contribution >= 4 is 5.69 Å². The van der Waals surface area contributed by atoms with Crippen LogP contribution in [0.25, 0.3) is 0 Å². The Hall–Kier alpha value is -1.22. The van der Waals surface area contributed by atoms with Crippen molar-refractivity contribution in [2.45, 2.75) is 32.8 Å². The second-order valence-corrected chi connectivity index (χ2v) is 4.13. The molecule has 0 bridgehead atoms. The minimum atomic E-state index is -0.681. The Balaban J connectivity index is 2.66. The summed E-state index contributed by atoms with van der Waals surface area (Å²) in [5.74, 6) is 0.830. The summed E-state index contributed by atoms with van der Waals surface area (Å²) in [6, 6.07) is 7.77. The van der Waals surface area contributed by atoms with Crippen LogP contribution in [0.1, 0.15) is 27.2 Å². The smallest absolute Gasteiger partial charge is 0.142 e. The minimum Gasteiger partial charge on any atom is -0.492 e. The van der Waals surface area contributed by atoms with E-state index in [1.54, 1.807) is 0 Å². The molecule has 0 fully saturated rings. The van der Waals surface area contributed by atoms with Crippen LogP contribution in [0, 0.1) is 0 Å². The molecule has 0 saturated heterocycles. The second kappa shape index (κ2) is 5.75. The number of benzene rings is 1. The molecular weight excluding hydrogens is 202 g/mol. The van der Waals surface area contributed by atoms with E-state index in [1.165, 1.54) is 0 Å². The molecule has 0 amide bonds. The van der Waals surface area contributed by atoms with Gasteiger partial charge in [-0.05, 0) is 32.4 Å². The first-order chi connectivity index (χ1) is 7.59. The molecule has 0 heterocycles. The van der Waals surface area contributed by atoms with E-state index >= 15 is 0 Å². The lowest BCUT2D eigenvalue weighted by Crippen LogP contribution is -2.32. The van der Waals surface area contributed by atoms with Crippen LogP contribution in [-0.2, 0) is 0 Å². The molecule has 0 aliphatic heterocycles. The Morgan fingerprint density at radius 3 is 2.62 bits per heavy atom. The van der Waals surface area contributed by atoms with Crippen molar-refractivity contribution in [3.05, 3.63) is 24.3 Å². The van der Waals surface area contributed by atoms with Gasteiger partial charge in [0, 0.05) is 6.54 Å². The number of para-hydroxylation sites is 2. The van der Waals surface area contributed by atoms with Crippen LogP contribution in [0.15, 0.2) is 24.3 Å². The minimum absolute atomic E-state index is 0.521. The van der Waals surface area contributed by atoms with Crippen LogP contribution >= 0.6 is 0 Å². The highest BCUT2D eigenvalue weighted by molar-refractivity contribution is 5.56. The summed E-state index contributed by atoms with van der Waals surface area (Å²) in [5, 5.41) is 13.1. The molecule has 0 spiro atoms. The molecule has 1 aromatic carbocycles. The van der Waals surface area contributed by atoms with Crippen molar-refractivity contribution in [3.8, 4) is 5.75 Å². The molecule has 3 heteroatoms. The van der Waals surface area contributed by atoms with Gasteiger partial charge in [-0.3, -0.25) is 0 Å². The molecule has 0 aliphatic carbocycles. The Morgan fingerprint density at radius 1 is 1.31 bits per heavy atom. The molecule has 90 valence electrons. The van der Waals surface area contributed by atoms with Gasteiger partial charge in [-0.1, -0.05) is 19.1 Å². The van der Waals surface area contributed by atoms with Crippen molar-refractivity contribution in [1.29, 1.82) is 0 Å². The SMILES string of the molecule is CCOc1ccccc1NCC(C)(O)CC. The molecule has 1 unspecified atom stereocenters. The summed E-state index contributed by atoms with van der Waals surface area (Å²) in [6.07, 6.45) is 0.719. The monoisotopic (exact) mass is 223 g/mol. The van der Waals surface area contributed by atoms with E-state index in [0.717, 1.165) is 17.9 Å². The predicted octanol–water partition coefficient (Wildman–Crippen LogP) is 2.66. The topological polar surface area (TPSA) is 41.5 Å². The fourth-order valence-corrected chi connectivity index (χ4v) is 1.30. The van der Waals surface area contributed by atoms with E-state index < -0.39 is 5.60 Å². The first kappa shape index (κ1) is 12.8. The van der Waals surface area contributed by atoms with Crippen LogP contribution in [-0.4, -0.2) is 23.9 Å². The highest BCUT2D eigenvalue weighted by Crippen LogP contribution is 2.24. The number of nitrogens with one attached hydrogen (secondary N) is 1. The van der Waals surface area contributed by atoms with Crippen LogP contribution in [0.5, 0.6) is 5.75 Å². The normalized spacial score (nSPS) is 14.2. The number of anilines is 1. The third-order valence-corrected chi connectivity index (χ3v) is 2.61. The van der Waals surface area contributed by atoms with E-state index in [0.29, 0.717) is 13.2 Å². The van der Waals surface area contributed by atoms with Crippen LogP contribution < -0.4 is 10.1 Å². The molecule has 2 N–H and O–H groups in total. The maximum absolute atomic E-state index is 9.90. The molecule has 0 radical (unpaired) electrons. The Labute approximate surface area is 97.4 Å². The van der Waals surface area contributed by atoms with E-state index in [9.17, 15) is 5.11 Å². The number of ether oxygens (including phenoxy) is 1. The van der Waals surface area contributed by atoms with Gasteiger partial charge in [-0.15, -0.1) is 0 Å². The zero-order chi connectivity index (χ0) is 12.0. The third-order valence-electron chi connectivity index (χ3n) is 2.61. The number of aliphatic hydroxyl groups is 1. The van der Waals surface area contributed by atoms with Gasteiger partial charge in [0.2, 0.25) is 0 Å². The second-order valence-electron chi connectivity index (χ2n) is 4.13. The van der Waals surface area contributed by atoms with Gasteiger partial charge in [0.15, 0.2) is 0 Å². The van der Waals surface area contributed by atoms with Gasteiger partial charge >= 0.3 is 0 Å². The van der Waals surface area contributed by atoms with E-state index in [-0.39, 0.29) is 0 Å². The number of rotatable bonds is 6. The summed E-state index contributed by atoms with van der Waals surface area (Å²) in [5.41, 5.74) is 0.248. The molecule has 16 heavy (non-hydrogen) atoms. The largest absolute Gasteiger partial charge is 0.492 e. The van der Waals surface area contributed by atoms with Crippen molar-refractivity contribution in [3.63, 3.8) is 0 Å². The van der Waals surface area contributed by atoms with E-state index in [1.807, 2.05) is 45.0 Å². The van der Waals surface area contributed by atoms with Gasteiger partial charge in [0.25, 0.3) is 0 Å². The lowest BCUT2D eigenvalue weighted by Gasteiger charge is -2.23. The number of hydrogen-bond acceptors (Lipinski definition) is 3. The van der Waals surface area contributed by atoms with Crippen LogP contribution in [0.2, 0.25) is 0 Å². The molecule has 0 saturated carbocycles. The van der Waals surface area contributed by atoms with Crippen LogP contribution in [0.3, 0.4) is 0 Å². The highest BCUT2D eigenvalue weighted by Gasteiger charge is 2.17. The zero-order valence-corrected chi connectivity index (χ0v) is 10.3. The van der Waals surface area contributed by atoms with E-state index in [4.69, 9.17) is 4.74 Å². The lowest BCUT2D eigenvalue weighted by molar-refractivity contribution is 0.0697. The molecular formula is C13H21NO2. The first-order valence-corrected chi connectivity index (χ1v) is 5.77. The maximum Gasteiger partial charge on any atom is 0.142 e. The fourth-order valence-electron chi connectivity index (χ4n) is 1.30. The third kappa shape index (κ3) is 3.74. The maximum atomic E-state index is 9.90. The molecule has 0 aromatic heterocycles. The molecule has 1 atom stereocenters. The first-order valence-electron chi connectivity index (χ1n) is 5.77. The van der Waals surface area contributed by atoms with E-state index in [2.05, 4.69) is 5.32 Å². The number of hydrogen-bond donors (Lipinski definition) is 2. The van der Waals surface area contributed by atoms with Crippen LogP contribution in [0.4, 0.5) is 5.69 Å². The zero-order valence-electron chi connectivity index (χ0n) is 10.3. The van der Waals surface area contributed by atoms with Crippen molar-refractivity contribution < 1.29 is 9.84 Å². The van der Waals surface area contributed by atoms with Gasteiger partial charge in [0.05, 0.1) is 17.9 Å². The lowest BCUT2D eigenvalue weighted by atomic mass is 10.0. The highest BCUT2D eigenvalue weighted by atomic mass is 16.5. The van der Waals surface area contributed by atoms with Gasteiger partial charge < -0.3 is 15.2 Å². The predicted molar refractivity (Wildman–Crippen MR) is 67.0 cm³/mol. The summed E-state index contributed by atoms with van der Waals surface area (Å²) >= 11 is 0. The van der Waals surface area contributed by atoms with Crippen molar-refractivity contribution in [1.82, 2.24) is 0 Å². The Morgan fingerprint density at radius 2 is 2.00 bits per heavy atom. The average Bonchev–Trinajstić information content (AvgIpc) is 2.28. The standard InChI is InChI=1S/C13H21NO2/c1-4-13(3,15)10-14-11-8-6-7-9-12(11)16-5-2/h6-9,14-15H,4-5,10H2,1-3H3. The summed E-state index contributed by atoms with van der Waals surface area (Å²) < 4.78 is 5.49. The fraction of sp³-hybridized carbons (Fsp3) is 0.538. The van der Waals surface area contributed by atoms with Gasteiger partial charge in [-0.2, -0.15) is 0 Å². The average molecular weight is 223 g/mol. The summed E-state index contributed by atoms with van der Waals surface area (Å²) in [6.45, 7) is 6.91.